The van der Waals surface area contributed by atoms with Gasteiger partial charge in [-0.2, -0.15) is 0 Å². The number of aromatic hydroxyl groups is 3. The third kappa shape index (κ3) is 4.19. The Morgan fingerprint density at radius 1 is 0.684 bits per heavy atom. The van der Waals surface area contributed by atoms with E-state index in [1.54, 1.807) is 0 Å². The Labute approximate surface area is 213 Å². The Morgan fingerprint density at radius 3 is 1.76 bits per heavy atom. The fraction of sp³-hybridized carbons (Fsp3) is 0.400. The highest BCUT2D eigenvalue weighted by Gasteiger charge is 2.46. The summed E-state index contributed by atoms with van der Waals surface area (Å²) in [7, 11) is 0. The molecule has 38 heavy (non-hydrogen) atoms. The Morgan fingerprint density at radius 2 is 1.21 bits per heavy atom. The standard InChI is InChI=1S/C25H26O13/c26-9-3-1-8(2-4-9)13-5-10(27)14-19(32)15(24-21(34)17(30)11(28)6-36-24)20(33)16(23(14)38-13)25-22(35)18(31)12(29)7-37-25/h1-5,11-12,17-18,21-22,24-26,28-35H,6-7H2/t11-,12-,17-,18+,21+,22-,24-,25+/m1/s1. The minimum absolute atomic E-state index is 0.0475. The molecule has 3 heterocycles. The molecule has 0 amide bonds. The fourth-order valence-electron chi connectivity index (χ4n) is 4.83. The van der Waals surface area contributed by atoms with Crippen LogP contribution in [-0.4, -0.2) is 95.8 Å². The van der Waals surface area contributed by atoms with Gasteiger partial charge in [-0.1, -0.05) is 0 Å². The highest BCUT2D eigenvalue weighted by atomic mass is 16.5. The van der Waals surface area contributed by atoms with E-state index in [9.17, 15) is 50.8 Å². The predicted octanol–water partition coefficient (Wildman–Crippen LogP) is -1.12. The van der Waals surface area contributed by atoms with Crippen LogP contribution in [0.25, 0.3) is 22.3 Å². The summed E-state index contributed by atoms with van der Waals surface area (Å²) in [5.41, 5.74) is -1.86. The van der Waals surface area contributed by atoms with Crippen molar-refractivity contribution in [3.63, 3.8) is 0 Å². The van der Waals surface area contributed by atoms with Crippen molar-refractivity contribution in [1.82, 2.24) is 0 Å². The monoisotopic (exact) mass is 534 g/mol. The van der Waals surface area contributed by atoms with Crippen molar-refractivity contribution in [2.75, 3.05) is 13.2 Å². The van der Waals surface area contributed by atoms with Gasteiger partial charge in [-0.15, -0.1) is 0 Å². The van der Waals surface area contributed by atoms with Crippen LogP contribution in [0.15, 0.2) is 39.5 Å². The van der Waals surface area contributed by atoms with E-state index in [0.29, 0.717) is 5.56 Å². The van der Waals surface area contributed by atoms with Crippen molar-refractivity contribution in [2.24, 2.45) is 0 Å². The minimum atomic E-state index is -1.85. The zero-order chi connectivity index (χ0) is 27.5. The first-order valence-corrected chi connectivity index (χ1v) is 11.7. The number of phenols is 3. The molecule has 2 aliphatic rings. The van der Waals surface area contributed by atoms with E-state index in [4.69, 9.17) is 13.9 Å². The molecule has 0 aliphatic carbocycles. The maximum absolute atomic E-state index is 13.3. The summed E-state index contributed by atoms with van der Waals surface area (Å²) in [6, 6.07) is 6.60. The molecule has 2 aromatic carbocycles. The summed E-state index contributed by atoms with van der Waals surface area (Å²) in [5, 5.41) is 93.1. The van der Waals surface area contributed by atoms with Crippen LogP contribution < -0.4 is 5.43 Å². The van der Waals surface area contributed by atoms with Crippen LogP contribution in [-0.2, 0) is 9.47 Å². The topological polar surface area (TPSA) is 231 Å². The van der Waals surface area contributed by atoms with Crippen LogP contribution in [0.4, 0.5) is 0 Å². The first kappa shape index (κ1) is 26.3. The lowest BCUT2D eigenvalue weighted by atomic mass is 9.87. The second-order valence-electron chi connectivity index (χ2n) is 9.36. The molecule has 1 aromatic heterocycles. The predicted molar refractivity (Wildman–Crippen MR) is 126 cm³/mol. The number of phenolic OH excluding ortho intramolecular Hbond substituents is 3. The Bertz CT molecular complexity index is 1400. The normalized spacial score (nSPS) is 31.9. The molecular formula is C25H26O13. The molecule has 3 aromatic rings. The summed E-state index contributed by atoms with van der Waals surface area (Å²) in [6.07, 6.45) is -13.3. The van der Waals surface area contributed by atoms with Gasteiger partial charge in [-0.05, 0) is 24.3 Å². The zero-order valence-corrected chi connectivity index (χ0v) is 19.6. The third-order valence-electron chi connectivity index (χ3n) is 6.92. The van der Waals surface area contributed by atoms with Crippen LogP contribution in [0.1, 0.15) is 23.3 Å². The lowest BCUT2D eigenvalue weighted by molar-refractivity contribution is -0.191. The van der Waals surface area contributed by atoms with Gasteiger partial charge in [0.1, 0.15) is 77.2 Å². The number of aliphatic hydroxyl groups is 6. The van der Waals surface area contributed by atoms with E-state index in [1.807, 2.05) is 0 Å². The van der Waals surface area contributed by atoms with Crippen LogP contribution >= 0.6 is 0 Å². The maximum atomic E-state index is 13.3. The smallest absolute Gasteiger partial charge is 0.197 e. The molecule has 2 aliphatic heterocycles. The average Bonchev–Trinajstić information content (AvgIpc) is 2.88. The average molecular weight is 534 g/mol. The SMILES string of the molecule is O=c1cc(-c2ccc(O)cc2)oc2c([C@@H]3OC[C@@H](O)[C@H](O)[C@H]3O)c(O)c([C@H]3OC[C@@H](O)[C@@H](O)[C@@H]3O)c(O)c12. The number of ether oxygens (including phenoxy) is 2. The van der Waals surface area contributed by atoms with Crippen molar-refractivity contribution in [2.45, 2.75) is 48.8 Å². The van der Waals surface area contributed by atoms with Gasteiger partial charge in [-0.3, -0.25) is 4.79 Å². The molecule has 9 N–H and O–H groups in total. The number of rotatable bonds is 3. The van der Waals surface area contributed by atoms with Crippen LogP contribution in [0.5, 0.6) is 17.2 Å². The van der Waals surface area contributed by atoms with Crippen LogP contribution in [0.2, 0.25) is 0 Å². The molecular weight excluding hydrogens is 508 g/mol. The zero-order valence-electron chi connectivity index (χ0n) is 19.6. The second-order valence-corrected chi connectivity index (χ2v) is 9.36. The van der Waals surface area contributed by atoms with Gasteiger partial charge in [0.25, 0.3) is 0 Å². The quantitative estimate of drug-likeness (QED) is 0.194. The van der Waals surface area contributed by atoms with Gasteiger partial charge in [0, 0.05) is 11.6 Å². The Balaban J connectivity index is 1.80. The van der Waals surface area contributed by atoms with Crippen LogP contribution in [0, 0.1) is 0 Å². The van der Waals surface area contributed by atoms with Gasteiger partial charge in [-0.25, -0.2) is 0 Å². The molecule has 0 unspecified atom stereocenters. The van der Waals surface area contributed by atoms with E-state index in [2.05, 4.69) is 0 Å². The van der Waals surface area contributed by atoms with Crippen molar-refractivity contribution in [3.05, 3.63) is 51.7 Å². The van der Waals surface area contributed by atoms with Crippen molar-refractivity contribution in [1.29, 1.82) is 0 Å². The lowest BCUT2D eigenvalue weighted by Gasteiger charge is -2.38. The molecule has 0 radical (unpaired) electrons. The van der Waals surface area contributed by atoms with E-state index >= 15 is 0 Å². The largest absolute Gasteiger partial charge is 0.508 e. The third-order valence-corrected chi connectivity index (χ3v) is 6.92. The van der Waals surface area contributed by atoms with Crippen molar-refractivity contribution < 1.29 is 59.8 Å². The number of fused-ring (bicyclic) bond motifs is 1. The maximum Gasteiger partial charge on any atom is 0.197 e. The fourth-order valence-corrected chi connectivity index (χ4v) is 4.83. The molecule has 0 spiro atoms. The van der Waals surface area contributed by atoms with Crippen LogP contribution in [0.3, 0.4) is 0 Å². The van der Waals surface area contributed by atoms with E-state index in [1.165, 1.54) is 24.3 Å². The highest BCUT2D eigenvalue weighted by molar-refractivity contribution is 5.91. The molecule has 5 rings (SSSR count). The highest BCUT2D eigenvalue weighted by Crippen LogP contribution is 2.50. The molecule has 2 saturated heterocycles. The van der Waals surface area contributed by atoms with E-state index < -0.39 is 101 Å². The number of benzene rings is 2. The number of hydrogen-bond acceptors (Lipinski definition) is 13. The molecule has 13 heteroatoms. The Hall–Kier alpha value is -3.27. The Kier molecular flexibility index (Phi) is 6.79. The lowest BCUT2D eigenvalue weighted by Crippen LogP contribution is -2.49. The van der Waals surface area contributed by atoms with E-state index in [-0.39, 0.29) is 11.5 Å². The summed E-state index contributed by atoms with van der Waals surface area (Å²) >= 11 is 0. The van der Waals surface area contributed by atoms with Crippen molar-refractivity contribution >= 4 is 11.0 Å². The van der Waals surface area contributed by atoms with Gasteiger partial charge in [0.05, 0.1) is 24.3 Å². The summed E-state index contributed by atoms with van der Waals surface area (Å²) in [4.78, 5) is 13.3. The molecule has 0 saturated carbocycles. The van der Waals surface area contributed by atoms with E-state index in [0.717, 1.165) is 6.07 Å². The first-order chi connectivity index (χ1) is 18.0. The molecule has 13 nitrogen and oxygen atoms in total. The van der Waals surface area contributed by atoms with Gasteiger partial charge < -0.3 is 59.8 Å². The first-order valence-electron chi connectivity index (χ1n) is 11.7. The van der Waals surface area contributed by atoms with Gasteiger partial charge >= 0.3 is 0 Å². The minimum Gasteiger partial charge on any atom is -0.508 e. The van der Waals surface area contributed by atoms with Gasteiger partial charge in [0.2, 0.25) is 0 Å². The summed E-state index contributed by atoms with van der Waals surface area (Å²) in [5.74, 6) is -1.80. The summed E-state index contributed by atoms with van der Waals surface area (Å²) in [6.45, 7) is -0.966. The number of hydrogen-bond donors (Lipinski definition) is 9. The van der Waals surface area contributed by atoms with Crippen molar-refractivity contribution in [3.8, 4) is 28.6 Å². The summed E-state index contributed by atoms with van der Waals surface area (Å²) < 4.78 is 16.8. The molecule has 8 atom stereocenters. The molecule has 2 fully saturated rings. The molecule has 204 valence electrons. The molecule has 0 bridgehead atoms. The number of aliphatic hydroxyl groups excluding tert-OH is 6. The second kappa shape index (κ2) is 9.80. The van der Waals surface area contributed by atoms with Gasteiger partial charge in [0.15, 0.2) is 11.0 Å².